The highest BCUT2D eigenvalue weighted by molar-refractivity contribution is 5.91. The van der Waals surface area contributed by atoms with E-state index in [4.69, 9.17) is 4.74 Å². The van der Waals surface area contributed by atoms with Crippen molar-refractivity contribution in [2.75, 3.05) is 18.5 Å². The molecule has 0 saturated carbocycles. The standard InChI is InChI=1S/C10H11F2NO2/c1-2-15-6-10(14)13-9-4-3-7(11)5-8(9)12/h3-5H,2,6H2,1H3,(H,13,14). The molecule has 0 radical (unpaired) electrons. The molecule has 1 amide bonds. The minimum Gasteiger partial charge on any atom is -0.372 e. The van der Waals surface area contributed by atoms with Crippen molar-refractivity contribution >= 4 is 11.6 Å². The molecule has 1 aromatic rings. The first kappa shape index (κ1) is 11.6. The number of amides is 1. The lowest BCUT2D eigenvalue weighted by Gasteiger charge is -2.05. The van der Waals surface area contributed by atoms with Gasteiger partial charge in [-0.3, -0.25) is 4.79 Å². The van der Waals surface area contributed by atoms with Crippen LogP contribution in [0.4, 0.5) is 14.5 Å². The Hall–Kier alpha value is -1.49. The Morgan fingerprint density at radius 3 is 2.80 bits per heavy atom. The number of hydrogen-bond donors (Lipinski definition) is 1. The molecule has 0 saturated heterocycles. The lowest BCUT2D eigenvalue weighted by molar-refractivity contribution is -0.120. The number of hydrogen-bond acceptors (Lipinski definition) is 2. The van der Waals surface area contributed by atoms with Crippen LogP contribution < -0.4 is 5.32 Å². The molecule has 1 aromatic carbocycles. The number of carbonyl (C=O) groups is 1. The van der Waals surface area contributed by atoms with E-state index < -0.39 is 17.5 Å². The highest BCUT2D eigenvalue weighted by Crippen LogP contribution is 2.14. The van der Waals surface area contributed by atoms with Crippen LogP contribution in [0.25, 0.3) is 0 Å². The molecule has 0 heterocycles. The van der Waals surface area contributed by atoms with Crippen molar-refractivity contribution in [3.8, 4) is 0 Å². The maximum atomic E-state index is 13.0. The van der Waals surface area contributed by atoms with E-state index in [1.54, 1.807) is 6.92 Å². The van der Waals surface area contributed by atoms with E-state index in [0.717, 1.165) is 12.1 Å². The van der Waals surface area contributed by atoms with Crippen LogP contribution >= 0.6 is 0 Å². The summed E-state index contributed by atoms with van der Waals surface area (Å²) in [6, 6.07) is 2.93. The summed E-state index contributed by atoms with van der Waals surface area (Å²) in [6.07, 6.45) is 0. The number of carbonyl (C=O) groups excluding carboxylic acids is 1. The van der Waals surface area contributed by atoms with E-state index in [9.17, 15) is 13.6 Å². The van der Waals surface area contributed by atoms with Gasteiger partial charge in [-0.05, 0) is 19.1 Å². The Morgan fingerprint density at radius 2 is 2.20 bits per heavy atom. The first-order valence-electron chi connectivity index (χ1n) is 4.46. The second kappa shape index (κ2) is 5.41. The van der Waals surface area contributed by atoms with E-state index in [2.05, 4.69) is 5.32 Å². The van der Waals surface area contributed by atoms with Crippen LogP contribution in [0.5, 0.6) is 0 Å². The molecule has 0 bridgehead atoms. The van der Waals surface area contributed by atoms with Crippen molar-refractivity contribution in [1.82, 2.24) is 0 Å². The van der Waals surface area contributed by atoms with Gasteiger partial charge < -0.3 is 10.1 Å². The monoisotopic (exact) mass is 215 g/mol. The maximum Gasteiger partial charge on any atom is 0.250 e. The first-order valence-corrected chi connectivity index (χ1v) is 4.46. The summed E-state index contributed by atoms with van der Waals surface area (Å²) in [6.45, 7) is 2.00. The number of halogens is 2. The van der Waals surface area contributed by atoms with Gasteiger partial charge in [0.1, 0.15) is 18.2 Å². The molecular weight excluding hydrogens is 204 g/mol. The van der Waals surface area contributed by atoms with Crippen molar-refractivity contribution in [3.05, 3.63) is 29.8 Å². The van der Waals surface area contributed by atoms with Crippen molar-refractivity contribution in [3.63, 3.8) is 0 Å². The van der Waals surface area contributed by atoms with Gasteiger partial charge in [-0.1, -0.05) is 0 Å². The second-order valence-electron chi connectivity index (χ2n) is 2.81. The number of nitrogens with one attached hydrogen (secondary N) is 1. The minimum atomic E-state index is -0.806. The van der Waals surface area contributed by atoms with Crippen LogP contribution in [0, 0.1) is 11.6 Å². The average molecular weight is 215 g/mol. The zero-order valence-corrected chi connectivity index (χ0v) is 8.22. The van der Waals surface area contributed by atoms with Gasteiger partial charge >= 0.3 is 0 Å². The number of rotatable bonds is 4. The lowest BCUT2D eigenvalue weighted by atomic mass is 10.3. The van der Waals surface area contributed by atoms with E-state index in [1.807, 2.05) is 0 Å². The summed E-state index contributed by atoms with van der Waals surface area (Å²) in [5.41, 5.74) is -0.0545. The molecule has 82 valence electrons. The molecule has 0 atom stereocenters. The van der Waals surface area contributed by atoms with Gasteiger partial charge in [0.2, 0.25) is 5.91 Å². The third-order valence-corrected chi connectivity index (χ3v) is 1.64. The summed E-state index contributed by atoms with van der Waals surface area (Å²) >= 11 is 0. The Kier molecular flexibility index (Phi) is 4.17. The van der Waals surface area contributed by atoms with Gasteiger partial charge in [0.25, 0.3) is 0 Å². The van der Waals surface area contributed by atoms with E-state index in [0.29, 0.717) is 12.7 Å². The molecule has 0 aliphatic carbocycles. The molecule has 15 heavy (non-hydrogen) atoms. The van der Waals surface area contributed by atoms with Gasteiger partial charge in [0.05, 0.1) is 5.69 Å². The molecule has 0 spiro atoms. The highest BCUT2D eigenvalue weighted by atomic mass is 19.1. The zero-order valence-electron chi connectivity index (χ0n) is 8.22. The van der Waals surface area contributed by atoms with E-state index >= 15 is 0 Å². The SMILES string of the molecule is CCOCC(=O)Nc1ccc(F)cc1F. The lowest BCUT2D eigenvalue weighted by Crippen LogP contribution is -2.18. The van der Waals surface area contributed by atoms with Gasteiger partial charge in [0, 0.05) is 12.7 Å². The average Bonchev–Trinajstić information content (AvgIpc) is 2.19. The fourth-order valence-corrected chi connectivity index (χ4v) is 0.972. The summed E-state index contributed by atoms with van der Waals surface area (Å²) < 4.78 is 30.4. The topological polar surface area (TPSA) is 38.3 Å². The molecule has 0 unspecified atom stereocenters. The van der Waals surface area contributed by atoms with Crippen LogP contribution in [0.3, 0.4) is 0 Å². The van der Waals surface area contributed by atoms with Gasteiger partial charge in [-0.2, -0.15) is 0 Å². The van der Waals surface area contributed by atoms with Crippen LogP contribution in [0.1, 0.15) is 6.92 Å². The Labute approximate surface area is 86.0 Å². The molecular formula is C10H11F2NO2. The van der Waals surface area contributed by atoms with Gasteiger partial charge in [-0.15, -0.1) is 0 Å². The summed E-state index contributed by atoms with van der Waals surface area (Å²) in [7, 11) is 0. The molecule has 0 aliphatic heterocycles. The molecule has 0 aliphatic rings. The third-order valence-electron chi connectivity index (χ3n) is 1.64. The number of anilines is 1. The fourth-order valence-electron chi connectivity index (χ4n) is 0.972. The van der Waals surface area contributed by atoms with Gasteiger partial charge in [-0.25, -0.2) is 8.78 Å². The molecule has 5 heteroatoms. The summed E-state index contributed by atoms with van der Waals surface area (Å²) in [5.74, 6) is -1.96. The second-order valence-corrected chi connectivity index (χ2v) is 2.81. The predicted octanol–water partition coefficient (Wildman–Crippen LogP) is 1.94. The smallest absolute Gasteiger partial charge is 0.250 e. The Bertz CT molecular complexity index is 355. The van der Waals surface area contributed by atoms with E-state index in [1.165, 1.54) is 0 Å². The Balaban J connectivity index is 2.60. The largest absolute Gasteiger partial charge is 0.372 e. The molecule has 1 N–H and O–H groups in total. The minimum absolute atomic E-state index is 0.0545. The molecule has 3 nitrogen and oxygen atoms in total. The van der Waals surface area contributed by atoms with Crippen LogP contribution in [-0.4, -0.2) is 19.1 Å². The van der Waals surface area contributed by atoms with Crippen LogP contribution in [0.15, 0.2) is 18.2 Å². The number of ether oxygens (including phenoxy) is 1. The first-order chi connectivity index (χ1) is 7.13. The van der Waals surface area contributed by atoms with E-state index in [-0.39, 0.29) is 12.3 Å². The van der Waals surface area contributed by atoms with Crippen molar-refractivity contribution in [2.24, 2.45) is 0 Å². The quantitative estimate of drug-likeness (QED) is 0.833. The summed E-state index contributed by atoms with van der Waals surface area (Å²) in [4.78, 5) is 11.1. The van der Waals surface area contributed by atoms with Crippen LogP contribution in [0.2, 0.25) is 0 Å². The normalized spacial score (nSPS) is 10.1. The van der Waals surface area contributed by atoms with Crippen molar-refractivity contribution < 1.29 is 18.3 Å². The highest BCUT2D eigenvalue weighted by Gasteiger charge is 2.07. The molecule has 0 fully saturated rings. The fraction of sp³-hybridized carbons (Fsp3) is 0.300. The van der Waals surface area contributed by atoms with Crippen LogP contribution in [-0.2, 0) is 9.53 Å². The molecule has 0 aromatic heterocycles. The maximum absolute atomic E-state index is 13.0. The molecule has 1 rings (SSSR count). The summed E-state index contributed by atoms with van der Waals surface area (Å²) in [5, 5.41) is 2.27. The van der Waals surface area contributed by atoms with Gasteiger partial charge in [0.15, 0.2) is 0 Å². The number of benzene rings is 1. The predicted molar refractivity (Wildman–Crippen MR) is 51.5 cm³/mol. The zero-order chi connectivity index (χ0) is 11.3. The Morgan fingerprint density at radius 1 is 1.47 bits per heavy atom. The third kappa shape index (κ3) is 3.63. The van der Waals surface area contributed by atoms with Crippen molar-refractivity contribution in [1.29, 1.82) is 0 Å². The van der Waals surface area contributed by atoms with Crippen molar-refractivity contribution in [2.45, 2.75) is 6.92 Å².